The van der Waals surface area contributed by atoms with Gasteiger partial charge in [0.25, 0.3) is 0 Å². The number of hydrogen-bond donors (Lipinski definition) is 5. The molecule has 1 unspecified atom stereocenters. The van der Waals surface area contributed by atoms with Gasteiger partial charge in [0.2, 0.25) is 5.78 Å². The van der Waals surface area contributed by atoms with E-state index in [4.69, 9.17) is 4.74 Å². The van der Waals surface area contributed by atoms with Gasteiger partial charge in [-0.3, -0.25) is 14.4 Å². The van der Waals surface area contributed by atoms with Crippen LogP contribution in [0.4, 0.5) is 0 Å². The lowest BCUT2D eigenvalue weighted by atomic mass is 9.41. The van der Waals surface area contributed by atoms with E-state index in [-0.39, 0.29) is 17.7 Å². The maximum Gasteiger partial charge on any atom is 0.330 e. The highest BCUT2D eigenvalue weighted by molar-refractivity contribution is 6.25. The number of aromatic hydroxyl groups is 1. The van der Waals surface area contributed by atoms with Crippen LogP contribution >= 0.6 is 0 Å². The van der Waals surface area contributed by atoms with Crippen LogP contribution in [0.1, 0.15) is 75.9 Å². The zero-order valence-corrected chi connectivity index (χ0v) is 24.1. The fourth-order valence-corrected chi connectivity index (χ4v) is 7.44. The van der Waals surface area contributed by atoms with Crippen molar-refractivity contribution in [3.63, 3.8) is 0 Å². The van der Waals surface area contributed by atoms with Gasteiger partial charge in [-0.1, -0.05) is 46.8 Å². The third-order valence-corrected chi connectivity index (χ3v) is 9.55. The number of ketones is 3. The average Bonchev–Trinajstić information content (AvgIpc) is 2.88. The molecular formula is C31H36O10. The number of benzene rings is 1. The highest BCUT2D eigenvalue weighted by Crippen LogP contribution is 2.67. The number of rotatable bonds is 5. The first-order chi connectivity index (χ1) is 18.9. The van der Waals surface area contributed by atoms with Crippen LogP contribution in [-0.2, 0) is 19.1 Å². The van der Waals surface area contributed by atoms with Crippen LogP contribution in [0.2, 0.25) is 0 Å². The van der Waals surface area contributed by atoms with E-state index in [1.807, 2.05) is 0 Å². The first kappa shape index (κ1) is 30.2. The third kappa shape index (κ3) is 3.63. The number of allylic oxidation sites excluding steroid dienone is 1. The topological polar surface area (TPSA) is 179 Å². The molecule has 1 aromatic rings. The minimum Gasteiger partial charge on any atom is -0.511 e. The maximum atomic E-state index is 14.1. The molecule has 0 saturated heterocycles. The summed E-state index contributed by atoms with van der Waals surface area (Å²) in [6, 6.07) is 3.06. The Labute approximate surface area is 237 Å². The van der Waals surface area contributed by atoms with Crippen LogP contribution in [0.25, 0.3) is 6.08 Å². The quantitative estimate of drug-likeness (QED) is 0.201. The Morgan fingerprint density at radius 1 is 1.12 bits per heavy atom. The van der Waals surface area contributed by atoms with Crippen LogP contribution in [-0.4, -0.2) is 67.2 Å². The van der Waals surface area contributed by atoms with Gasteiger partial charge < -0.3 is 30.3 Å². The molecule has 0 spiro atoms. The Balaban J connectivity index is 2.05. The standard InChI is InChI=1S/C31H36O10/c1-8-41-18(33)12-10-16-9-11-17-14(4)29(6)22(25(36)20(17)23(16)34)27(38)31(40)26(37)19(15(5)32)24(35)21(13(2)3)30(31,7)28(29)39/h9-14,21,28,34-35,38-40H,8H2,1-7H3/b12-10+/t14-,21?,28-,29+,30+,31+/m1/s1. The van der Waals surface area contributed by atoms with Gasteiger partial charge in [0, 0.05) is 28.4 Å². The van der Waals surface area contributed by atoms with Crippen molar-refractivity contribution in [3.8, 4) is 5.75 Å². The van der Waals surface area contributed by atoms with Crippen molar-refractivity contribution in [2.45, 2.75) is 66.1 Å². The predicted molar refractivity (Wildman–Crippen MR) is 147 cm³/mol. The molecule has 0 radical (unpaired) electrons. The van der Waals surface area contributed by atoms with Gasteiger partial charge in [-0.25, -0.2) is 4.79 Å². The summed E-state index contributed by atoms with van der Waals surface area (Å²) >= 11 is 0. The number of phenols is 1. The highest BCUT2D eigenvalue weighted by Gasteiger charge is 2.76. The van der Waals surface area contributed by atoms with E-state index in [2.05, 4.69) is 0 Å². The number of hydrogen-bond acceptors (Lipinski definition) is 10. The van der Waals surface area contributed by atoms with E-state index in [0.29, 0.717) is 5.56 Å². The summed E-state index contributed by atoms with van der Waals surface area (Å²) in [6.45, 7) is 10.7. The molecule has 6 atom stereocenters. The van der Waals surface area contributed by atoms with Crippen LogP contribution < -0.4 is 0 Å². The van der Waals surface area contributed by atoms with Gasteiger partial charge in [0.05, 0.1) is 23.8 Å². The van der Waals surface area contributed by atoms with Crippen molar-refractivity contribution < 1.29 is 49.4 Å². The molecule has 4 rings (SSSR count). The summed E-state index contributed by atoms with van der Waals surface area (Å²) in [5.41, 5.74) is -7.51. The minimum absolute atomic E-state index is 0.0984. The number of Topliss-reactive ketones (excluding diaryl/α,β-unsaturated/α-hetero) is 3. The lowest BCUT2D eigenvalue weighted by Crippen LogP contribution is -2.73. The van der Waals surface area contributed by atoms with Crippen LogP contribution in [0.5, 0.6) is 5.75 Å². The van der Waals surface area contributed by atoms with E-state index in [0.717, 1.165) is 13.0 Å². The zero-order chi connectivity index (χ0) is 31.0. The average molecular weight is 569 g/mol. The van der Waals surface area contributed by atoms with Crippen molar-refractivity contribution in [1.29, 1.82) is 0 Å². The van der Waals surface area contributed by atoms with Gasteiger partial charge >= 0.3 is 5.97 Å². The van der Waals surface area contributed by atoms with Gasteiger partial charge in [0.1, 0.15) is 22.8 Å². The number of aliphatic hydroxyl groups is 4. The molecule has 10 heteroatoms. The number of carbonyl (C=O) groups excluding carboxylic acids is 4. The zero-order valence-electron chi connectivity index (χ0n) is 24.1. The Bertz CT molecular complexity index is 1480. The van der Waals surface area contributed by atoms with Gasteiger partial charge in [0.15, 0.2) is 17.2 Å². The number of esters is 1. The van der Waals surface area contributed by atoms with Crippen LogP contribution in [0, 0.1) is 22.7 Å². The predicted octanol–water partition coefficient (Wildman–Crippen LogP) is 3.45. The summed E-state index contributed by atoms with van der Waals surface area (Å²) in [5.74, 6) is -8.36. The van der Waals surface area contributed by atoms with Crippen LogP contribution in [0.3, 0.4) is 0 Å². The van der Waals surface area contributed by atoms with E-state index in [1.54, 1.807) is 33.8 Å². The van der Waals surface area contributed by atoms with Crippen molar-refractivity contribution in [2.24, 2.45) is 22.7 Å². The second kappa shape index (κ2) is 9.66. The monoisotopic (exact) mass is 568 g/mol. The molecule has 0 saturated carbocycles. The maximum absolute atomic E-state index is 14.1. The van der Waals surface area contributed by atoms with Crippen molar-refractivity contribution >= 4 is 29.4 Å². The highest BCUT2D eigenvalue weighted by atomic mass is 16.5. The summed E-state index contributed by atoms with van der Waals surface area (Å²) in [7, 11) is 0. The second-order valence-electron chi connectivity index (χ2n) is 11.9. The summed E-state index contributed by atoms with van der Waals surface area (Å²) in [5, 5.41) is 58.4. The van der Waals surface area contributed by atoms with E-state index in [9.17, 15) is 44.7 Å². The Morgan fingerprint density at radius 2 is 1.73 bits per heavy atom. The van der Waals surface area contributed by atoms with E-state index < -0.39 is 92.0 Å². The summed E-state index contributed by atoms with van der Waals surface area (Å²) < 4.78 is 4.86. The molecule has 0 aliphatic heterocycles. The fraction of sp³-hybridized carbons (Fsp3) is 0.484. The molecule has 0 amide bonds. The van der Waals surface area contributed by atoms with Gasteiger partial charge in [-0.2, -0.15) is 0 Å². The van der Waals surface area contributed by atoms with Crippen molar-refractivity contribution in [1.82, 2.24) is 0 Å². The number of phenolic OH excluding ortho intramolecular Hbond substituents is 1. The molecule has 0 aromatic heterocycles. The molecule has 5 N–H and O–H groups in total. The van der Waals surface area contributed by atoms with Gasteiger partial charge in [-0.05, 0) is 37.3 Å². The number of ether oxygens (including phenoxy) is 1. The van der Waals surface area contributed by atoms with E-state index >= 15 is 0 Å². The molecule has 0 heterocycles. The SMILES string of the molecule is CCOC(=O)/C=C/c1ccc2c(c1O)C(=O)C1=C(O)[C@@]3(O)C(=O)C(C(C)=O)=C(O)C(C(C)C)[C@@]3(C)[C@H](O)[C@@]1(C)[C@@H]2C. The third-order valence-electron chi connectivity index (χ3n) is 9.55. The fourth-order valence-electron chi connectivity index (χ4n) is 7.44. The van der Waals surface area contributed by atoms with Gasteiger partial charge in [-0.15, -0.1) is 0 Å². The lowest BCUT2D eigenvalue weighted by molar-refractivity contribution is -0.211. The lowest BCUT2D eigenvalue weighted by Gasteiger charge is -2.63. The molecule has 10 nitrogen and oxygen atoms in total. The summed E-state index contributed by atoms with van der Waals surface area (Å²) in [6.07, 6.45) is 0.643. The van der Waals surface area contributed by atoms with E-state index in [1.165, 1.54) is 26.0 Å². The molecule has 3 aliphatic carbocycles. The minimum atomic E-state index is -2.95. The normalized spacial score (nSPS) is 33.2. The largest absolute Gasteiger partial charge is 0.511 e. The molecule has 41 heavy (non-hydrogen) atoms. The summed E-state index contributed by atoms with van der Waals surface area (Å²) in [4.78, 5) is 52.2. The smallest absolute Gasteiger partial charge is 0.330 e. The first-order valence-electron chi connectivity index (χ1n) is 13.5. The van der Waals surface area contributed by atoms with Crippen molar-refractivity contribution in [2.75, 3.05) is 6.61 Å². The Morgan fingerprint density at radius 3 is 2.27 bits per heavy atom. The Kier molecular flexibility index (Phi) is 7.12. The molecule has 0 bridgehead atoms. The number of fused-ring (bicyclic) bond motifs is 3. The number of carbonyl (C=O) groups is 4. The number of aliphatic hydroxyl groups excluding tert-OH is 3. The Hall–Kier alpha value is -3.76. The van der Waals surface area contributed by atoms with Crippen LogP contribution in [0.15, 0.2) is 40.9 Å². The molecular weight excluding hydrogens is 532 g/mol. The molecule has 0 fully saturated rings. The van der Waals surface area contributed by atoms with Crippen molar-refractivity contribution in [3.05, 3.63) is 57.6 Å². The molecule has 1 aromatic carbocycles. The molecule has 220 valence electrons. The first-order valence-corrected chi connectivity index (χ1v) is 13.5. The second-order valence-corrected chi connectivity index (χ2v) is 11.9. The molecule has 3 aliphatic rings.